The third-order valence-corrected chi connectivity index (χ3v) is 3.80. The standard InChI is InChI=1S/C19H21N3/c1-3-14-20-18-17(15-10-6-4-7-11-15)21-19(2,22-18)16-12-8-5-9-13-16/h4-13H,3,14H2,1-2H3,(H,20,22). The van der Waals surface area contributed by atoms with Crippen molar-refractivity contribution >= 4 is 11.5 Å². The Labute approximate surface area is 131 Å². The molecule has 1 N–H and O–H groups in total. The molecule has 0 fully saturated rings. The van der Waals surface area contributed by atoms with Crippen LogP contribution < -0.4 is 5.32 Å². The lowest BCUT2D eigenvalue weighted by Crippen LogP contribution is -2.37. The number of benzene rings is 2. The molecule has 22 heavy (non-hydrogen) atoms. The van der Waals surface area contributed by atoms with E-state index in [9.17, 15) is 0 Å². The number of nitrogens with one attached hydrogen (secondary N) is 1. The highest BCUT2D eigenvalue weighted by Crippen LogP contribution is 2.28. The number of amidine groups is 1. The zero-order valence-corrected chi connectivity index (χ0v) is 13.1. The monoisotopic (exact) mass is 291 g/mol. The molecule has 1 unspecified atom stereocenters. The average molecular weight is 291 g/mol. The Balaban J connectivity index is 2.04. The Morgan fingerprint density at radius 3 is 2.27 bits per heavy atom. The molecular weight excluding hydrogens is 270 g/mol. The summed E-state index contributed by atoms with van der Waals surface area (Å²) in [7, 11) is 0. The highest BCUT2D eigenvalue weighted by molar-refractivity contribution is 6.49. The SMILES string of the molecule is CCCN=C1NC(C)(c2ccccc2)N=C1c1ccccc1. The van der Waals surface area contributed by atoms with Gasteiger partial charge in [-0.25, -0.2) is 4.99 Å². The van der Waals surface area contributed by atoms with Crippen LogP contribution in [0.2, 0.25) is 0 Å². The maximum absolute atomic E-state index is 4.97. The van der Waals surface area contributed by atoms with Crippen molar-refractivity contribution in [1.82, 2.24) is 5.32 Å². The predicted molar refractivity (Wildman–Crippen MR) is 92.5 cm³/mol. The summed E-state index contributed by atoms with van der Waals surface area (Å²) in [6.07, 6.45) is 1.02. The van der Waals surface area contributed by atoms with Gasteiger partial charge in [-0.2, -0.15) is 0 Å². The van der Waals surface area contributed by atoms with E-state index in [1.807, 2.05) is 36.4 Å². The topological polar surface area (TPSA) is 36.8 Å². The highest BCUT2D eigenvalue weighted by atomic mass is 15.2. The van der Waals surface area contributed by atoms with Crippen LogP contribution in [-0.2, 0) is 5.66 Å². The van der Waals surface area contributed by atoms with Crippen LogP contribution in [0.25, 0.3) is 0 Å². The third-order valence-electron chi connectivity index (χ3n) is 3.80. The Hall–Kier alpha value is -2.42. The third kappa shape index (κ3) is 2.80. The molecule has 0 saturated carbocycles. The van der Waals surface area contributed by atoms with Crippen molar-refractivity contribution in [2.75, 3.05) is 6.54 Å². The predicted octanol–water partition coefficient (Wildman–Crippen LogP) is 3.76. The molecule has 0 bridgehead atoms. The maximum atomic E-state index is 4.97. The summed E-state index contributed by atoms with van der Waals surface area (Å²) in [5, 5.41) is 3.51. The molecule has 2 aromatic rings. The molecule has 1 aliphatic heterocycles. The Kier molecular flexibility index (Phi) is 4.05. The zero-order valence-electron chi connectivity index (χ0n) is 13.1. The number of nitrogens with zero attached hydrogens (tertiary/aromatic N) is 2. The largest absolute Gasteiger partial charge is 0.341 e. The van der Waals surface area contributed by atoms with Crippen molar-refractivity contribution in [1.29, 1.82) is 0 Å². The van der Waals surface area contributed by atoms with E-state index in [1.54, 1.807) is 0 Å². The minimum absolute atomic E-state index is 0.459. The first kappa shape index (κ1) is 14.5. The lowest BCUT2D eigenvalue weighted by atomic mass is 10.0. The van der Waals surface area contributed by atoms with Crippen LogP contribution in [-0.4, -0.2) is 18.1 Å². The maximum Gasteiger partial charge on any atom is 0.154 e. The van der Waals surface area contributed by atoms with E-state index in [2.05, 4.69) is 43.4 Å². The van der Waals surface area contributed by atoms with Crippen molar-refractivity contribution in [2.24, 2.45) is 9.98 Å². The Morgan fingerprint density at radius 1 is 1.00 bits per heavy atom. The number of hydrogen-bond donors (Lipinski definition) is 1. The summed E-state index contributed by atoms with van der Waals surface area (Å²) >= 11 is 0. The quantitative estimate of drug-likeness (QED) is 0.915. The lowest BCUT2D eigenvalue weighted by Gasteiger charge is -2.22. The average Bonchev–Trinajstić information content (AvgIpc) is 2.93. The molecule has 112 valence electrons. The van der Waals surface area contributed by atoms with Gasteiger partial charge in [-0.15, -0.1) is 0 Å². The summed E-state index contributed by atoms with van der Waals surface area (Å²) in [5.41, 5.74) is 2.73. The van der Waals surface area contributed by atoms with Gasteiger partial charge < -0.3 is 5.32 Å². The normalized spacial score (nSPS) is 22.5. The second kappa shape index (κ2) is 6.14. The minimum Gasteiger partial charge on any atom is -0.341 e. The first-order valence-corrected chi connectivity index (χ1v) is 7.77. The smallest absolute Gasteiger partial charge is 0.154 e. The molecule has 0 aromatic heterocycles. The molecule has 0 amide bonds. The van der Waals surface area contributed by atoms with E-state index in [0.29, 0.717) is 0 Å². The van der Waals surface area contributed by atoms with Crippen molar-refractivity contribution < 1.29 is 0 Å². The van der Waals surface area contributed by atoms with Gasteiger partial charge in [0, 0.05) is 12.1 Å². The van der Waals surface area contributed by atoms with Crippen molar-refractivity contribution in [3.05, 3.63) is 71.8 Å². The van der Waals surface area contributed by atoms with E-state index >= 15 is 0 Å². The Bertz CT molecular complexity index is 689. The van der Waals surface area contributed by atoms with E-state index in [1.165, 1.54) is 0 Å². The van der Waals surface area contributed by atoms with E-state index < -0.39 is 5.66 Å². The number of aliphatic imine (C=N–C) groups is 2. The highest BCUT2D eigenvalue weighted by Gasteiger charge is 2.35. The van der Waals surface area contributed by atoms with Gasteiger partial charge in [0.25, 0.3) is 0 Å². The summed E-state index contributed by atoms with van der Waals surface area (Å²) in [5.74, 6) is 0.888. The van der Waals surface area contributed by atoms with Gasteiger partial charge in [0.15, 0.2) is 5.66 Å². The van der Waals surface area contributed by atoms with E-state index in [4.69, 9.17) is 9.98 Å². The van der Waals surface area contributed by atoms with Gasteiger partial charge in [-0.05, 0) is 18.9 Å². The van der Waals surface area contributed by atoms with Gasteiger partial charge in [-0.1, -0.05) is 67.6 Å². The molecule has 0 spiro atoms. The molecule has 3 rings (SSSR count). The minimum atomic E-state index is -0.459. The summed E-state index contributed by atoms with van der Waals surface area (Å²) in [6, 6.07) is 20.6. The fourth-order valence-corrected chi connectivity index (χ4v) is 2.63. The Morgan fingerprint density at radius 2 is 1.64 bits per heavy atom. The molecule has 2 aromatic carbocycles. The second-order valence-electron chi connectivity index (χ2n) is 5.62. The van der Waals surface area contributed by atoms with Gasteiger partial charge in [0.1, 0.15) is 11.5 Å². The number of hydrogen-bond acceptors (Lipinski definition) is 2. The van der Waals surface area contributed by atoms with Crippen LogP contribution in [0, 0.1) is 0 Å². The summed E-state index contributed by atoms with van der Waals surface area (Å²) < 4.78 is 0. The molecule has 3 nitrogen and oxygen atoms in total. The van der Waals surface area contributed by atoms with Gasteiger partial charge >= 0.3 is 0 Å². The lowest BCUT2D eigenvalue weighted by molar-refractivity contribution is 0.477. The van der Waals surface area contributed by atoms with Crippen LogP contribution in [0.1, 0.15) is 31.4 Å². The van der Waals surface area contributed by atoms with E-state index in [0.717, 1.165) is 35.6 Å². The first-order valence-electron chi connectivity index (χ1n) is 7.77. The van der Waals surface area contributed by atoms with Crippen LogP contribution in [0.3, 0.4) is 0 Å². The fourth-order valence-electron chi connectivity index (χ4n) is 2.63. The molecule has 1 aliphatic rings. The molecule has 0 radical (unpaired) electrons. The van der Waals surface area contributed by atoms with E-state index in [-0.39, 0.29) is 0 Å². The van der Waals surface area contributed by atoms with Crippen molar-refractivity contribution in [3.63, 3.8) is 0 Å². The van der Waals surface area contributed by atoms with Crippen LogP contribution in [0.15, 0.2) is 70.6 Å². The zero-order chi connectivity index (χ0) is 15.4. The molecular formula is C19H21N3. The van der Waals surface area contributed by atoms with Crippen LogP contribution in [0.5, 0.6) is 0 Å². The molecule has 3 heteroatoms. The van der Waals surface area contributed by atoms with Gasteiger partial charge in [0.2, 0.25) is 0 Å². The fraction of sp³-hybridized carbons (Fsp3) is 0.263. The molecule has 1 atom stereocenters. The molecule has 1 heterocycles. The van der Waals surface area contributed by atoms with Crippen molar-refractivity contribution in [3.8, 4) is 0 Å². The first-order chi connectivity index (χ1) is 10.7. The summed E-state index contributed by atoms with van der Waals surface area (Å²) in [4.78, 5) is 9.66. The van der Waals surface area contributed by atoms with Gasteiger partial charge in [0.05, 0.1) is 0 Å². The van der Waals surface area contributed by atoms with Crippen LogP contribution in [0.4, 0.5) is 0 Å². The second-order valence-corrected chi connectivity index (χ2v) is 5.62. The molecule has 0 aliphatic carbocycles. The van der Waals surface area contributed by atoms with Gasteiger partial charge in [-0.3, -0.25) is 4.99 Å². The summed E-state index contributed by atoms with van der Waals surface area (Å²) in [6.45, 7) is 5.04. The molecule has 0 saturated heterocycles. The number of rotatable bonds is 4. The van der Waals surface area contributed by atoms with Crippen molar-refractivity contribution in [2.45, 2.75) is 25.9 Å². The van der Waals surface area contributed by atoms with Crippen LogP contribution >= 0.6 is 0 Å².